The number of benzene rings is 2. The molecule has 1 fully saturated rings. The number of hydrogen-bond donors (Lipinski definition) is 1. The molecule has 2 heteroatoms. The van der Waals surface area contributed by atoms with E-state index in [0.717, 1.165) is 32.2 Å². The standard InChI is InChI=1S/C21H25NO/c23-20-14-6-7-16-22(20)21(18-11-2-1-3-12-18)15-8-10-17-9-4-5-13-19(17)21/h1-5,9,11-13,20,23H,6-8,10,14-16H2. The van der Waals surface area contributed by atoms with Crippen molar-refractivity contribution in [1.29, 1.82) is 0 Å². The Kier molecular flexibility index (Phi) is 3.96. The van der Waals surface area contributed by atoms with E-state index in [-0.39, 0.29) is 11.8 Å². The van der Waals surface area contributed by atoms with E-state index >= 15 is 0 Å². The Morgan fingerprint density at radius 2 is 1.70 bits per heavy atom. The summed E-state index contributed by atoms with van der Waals surface area (Å²) >= 11 is 0. The molecule has 0 bridgehead atoms. The Morgan fingerprint density at radius 3 is 2.52 bits per heavy atom. The van der Waals surface area contributed by atoms with Crippen molar-refractivity contribution in [2.24, 2.45) is 0 Å². The quantitative estimate of drug-likeness (QED) is 0.904. The number of aliphatic hydroxyl groups excluding tert-OH is 1. The van der Waals surface area contributed by atoms with Gasteiger partial charge in [-0.25, -0.2) is 0 Å². The second-order valence-electron chi connectivity index (χ2n) is 6.91. The van der Waals surface area contributed by atoms with Crippen LogP contribution in [0.4, 0.5) is 0 Å². The van der Waals surface area contributed by atoms with Gasteiger partial charge < -0.3 is 5.11 Å². The highest BCUT2D eigenvalue weighted by atomic mass is 16.3. The molecule has 23 heavy (non-hydrogen) atoms. The van der Waals surface area contributed by atoms with Gasteiger partial charge in [0.2, 0.25) is 0 Å². The highest BCUT2D eigenvalue weighted by Gasteiger charge is 2.46. The minimum atomic E-state index is -0.338. The van der Waals surface area contributed by atoms with Crippen LogP contribution >= 0.6 is 0 Å². The number of aryl methyl sites for hydroxylation is 1. The molecule has 2 nitrogen and oxygen atoms in total. The van der Waals surface area contributed by atoms with Gasteiger partial charge in [-0.15, -0.1) is 0 Å². The monoisotopic (exact) mass is 307 g/mol. The summed E-state index contributed by atoms with van der Waals surface area (Å²) in [6.45, 7) is 0.977. The Labute approximate surface area is 138 Å². The van der Waals surface area contributed by atoms with E-state index in [1.165, 1.54) is 29.5 Å². The van der Waals surface area contributed by atoms with Crippen molar-refractivity contribution in [3.63, 3.8) is 0 Å². The first-order chi connectivity index (χ1) is 11.3. The summed E-state index contributed by atoms with van der Waals surface area (Å²) in [4.78, 5) is 2.38. The lowest BCUT2D eigenvalue weighted by molar-refractivity contribution is -0.0854. The lowest BCUT2D eigenvalue weighted by Crippen LogP contribution is -2.55. The molecular weight excluding hydrogens is 282 g/mol. The first-order valence-electron chi connectivity index (χ1n) is 8.91. The Morgan fingerprint density at radius 1 is 0.913 bits per heavy atom. The maximum Gasteiger partial charge on any atom is 0.108 e. The molecule has 1 aliphatic carbocycles. The van der Waals surface area contributed by atoms with Crippen LogP contribution in [0, 0.1) is 0 Å². The van der Waals surface area contributed by atoms with E-state index in [1.54, 1.807) is 0 Å². The van der Waals surface area contributed by atoms with Crippen molar-refractivity contribution in [2.45, 2.75) is 50.3 Å². The van der Waals surface area contributed by atoms with Crippen LogP contribution in [0.1, 0.15) is 48.8 Å². The molecular formula is C21H25NO. The SMILES string of the molecule is OC1CCCCN1C1(c2ccccc2)CCCc2ccccc21. The smallest absolute Gasteiger partial charge is 0.108 e. The highest BCUT2D eigenvalue weighted by molar-refractivity contribution is 5.45. The molecule has 1 N–H and O–H groups in total. The van der Waals surface area contributed by atoms with Crippen LogP contribution in [0.5, 0.6) is 0 Å². The molecule has 1 heterocycles. The van der Waals surface area contributed by atoms with E-state index in [2.05, 4.69) is 59.5 Å². The van der Waals surface area contributed by atoms with Gasteiger partial charge in [0.25, 0.3) is 0 Å². The molecule has 0 radical (unpaired) electrons. The maximum atomic E-state index is 10.8. The minimum Gasteiger partial charge on any atom is -0.378 e. The molecule has 2 atom stereocenters. The number of nitrogens with zero attached hydrogens (tertiary/aromatic N) is 1. The first-order valence-corrected chi connectivity index (χ1v) is 8.91. The van der Waals surface area contributed by atoms with Gasteiger partial charge in [0.05, 0.1) is 5.54 Å². The zero-order valence-corrected chi connectivity index (χ0v) is 13.6. The van der Waals surface area contributed by atoms with Crippen LogP contribution in [-0.2, 0) is 12.0 Å². The topological polar surface area (TPSA) is 23.5 Å². The van der Waals surface area contributed by atoms with E-state index in [1.807, 2.05) is 0 Å². The molecule has 0 spiro atoms. The van der Waals surface area contributed by atoms with Crippen LogP contribution in [0.25, 0.3) is 0 Å². The van der Waals surface area contributed by atoms with Crippen molar-refractivity contribution < 1.29 is 5.11 Å². The summed E-state index contributed by atoms with van der Waals surface area (Å²) in [5, 5.41) is 10.8. The summed E-state index contributed by atoms with van der Waals surface area (Å²) in [6, 6.07) is 19.7. The predicted octanol–water partition coefficient (Wildman–Crippen LogP) is 4.07. The van der Waals surface area contributed by atoms with Gasteiger partial charge >= 0.3 is 0 Å². The van der Waals surface area contributed by atoms with Crippen molar-refractivity contribution in [3.05, 3.63) is 71.3 Å². The first kappa shape index (κ1) is 14.9. The van der Waals surface area contributed by atoms with Gasteiger partial charge in [-0.2, -0.15) is 0 Å². The number of likely N-dealkylation sites (tertiary alicyclic amines) is 1. The summed E-state index contributed by atoms with van der Waals surface area (Å²) in [7, 11) is 0. The Balaban J connectivity index is 1.92. The number of hydrogen-bond acceptors (Lipinski definition) is 2. The summed E-state index contributed by atoms with van der Waals surface area (Å²) in [5.74, 6) is 0. The molecule has 2 aliphatic rings. The van der Waals surface area contributed by atoms with Crippen LogP contribution in [0.3, 0.4) is 0 Å². The third kappa shape index (κ3) is 2.41. The summed E-state index contributed by atoms with van der Waals surface area (Å²) in [6.07, 6.45) is 6.26. The van der Waals surface area contributed by atoms with Gasteiger partial charge in [0.15, 0.2) is 0 Å². The van der Waals surface area contributed by atoms with Gasteiger partial charge in [0, 0.05) is 6.54 Å². The number of rotatable bonds is 2. The molecule has 4 rings (SSSR count). The van der Waals surface area contributed by atoms with Gasteiger partial charge in [-0.3, -0.25) is 4.90 Å². The normalized spacial score (nSPS) is 28.3. The fraction of sp³-hybridized carbons (Fsp3) is 0.429. The third-order valence-corrected chi connectivity index (χ3v) is 5.66. The van der Waals surface area contributed by atoms with Gasteiger partial charge in [-0.05, 0) is 55.2 Å². The lowest BCUT2D eigenvalue weighted by Gasteiger charge is -2.51. The predicted molar refractivity (Wildman–Crippen MR) is 93.2 cm³/mol. The van der Waals surface area contributed by atoms with Crippen molar-refractivity contribution >= 4 is 0 Å². The van der Waals surface area contributed by atoms with Gasteiger partial charge in [0.1, 0.15) is 6.23 Å². The van der Waals surface area contributed by atoms with E-state index in [9.17, 15) is 5.11 Å². The zero-order valence-electron chi connectivity index (χ0n) is 13.6. The second-order valence-corrected chi connectivity index (χ2v) is 6.91. The average molecular weight is 307 g/mol. The molecule has 120 valence electrons. The van der Waals surface area contributed by atoms with Crippen LogP contribution in [0.15, 0.2) is 54.6 Å². The molecule has 0 aromatic heterocycles. The van der Waals surface area contributed by atoms with Crippen LogP contribution < -0.4 is 0 Å². The Bertz CT molecular complexity index is 669. The molecule has 0 saturated carbocycles. The van der Waals surface area contributed by atoms with E-state index in [4.69, 9.17) is 0 Å². The molecule has 1 aliphatic heterocycles. The third-order valence-electron chi connectivity index (χ3n) is 5.66. The molecule has 0 amide bonds. The maximum absolute atomic E-state index is 10.8. The largest absolute Gasteiger partial charge is 0.378 e. The van der Waals surface area contributed by atoms with E-state index in [0.29, 0.717) is 0 Å². The Hall–Kier alpha value is -1.64. The fourth-order valence-corrected chi connectivity index (χ4v) is 4.65. The van der Waals surface area contributed by atoms with Crippen molar-refractivity contribution in [1.82, 2.24) is 4.90 Å². The molecule has 1 saturated heterocycles. The average Bonchev–Trinajstić information content (AvgIpc) is 2.62. The summed E-state index contributed by atoms with van der Waals surface area (Å²) in [5.41, 5.74) is 4.00. The van der Waals surface area contributed by atoms with Crippen molar-refractivity contribution in [3.8, 4) is 0 Å². The van der Waals surface area contributed by atoms with Gasteiger partial charge in [-0.1, -0.05) is 54.6 Å². The summed E-state index contributed by atoms with van der Waals surface area (Å²) < 4.78 is 0. The van der Waals surface area contributed by atoms with Crippen molar-refractivity contribution in [2.75, 3.05) is 6.54 Å². The lowest BCUT2D eigenvalue weighted by atomic mass is 9.70. The van der Waals surface area contributed by atoms with E-state index < -0.39 is 0 Å². The fourth-order valence-electron chi connectivity index (χ4n) is 4.65. The number of piperidine rings is 1. The minimum absolute atomic E-state index is 0.171. The zero-order chi connectivity index (χ0) is 15.7. The van der Waals surface area contributed by atoms with Crippen LogP contribution in [0.2, 0.25) is 0 Å². The molecule has 2 unspecified atom stereocenters. The molecule has 2 aromatic carbocycles. The number of fused-ring (bicyclic) bond motifs is 1. The second kappa shape index (κ2) is 6.10. The van der Waals surface area contributed by atoms with Crippen LogP contribution in [-0.4, -0.2) is 22.8 Å². The highest BCUT2D eigenvalue weighted by Crippen LogP contribution is 2.47. The molecule has 2 aromatic rings. The number of aliphatic hydroxyl groups is 1.